The van der Waals surface area contributed by atoms with Crippen molar-refractivity contribution < 1.29 is 0 Å². The van der Waals surface area contributed by atoms with Crippen LogP contribution in [0.1, 0.15) is 46.5 Å². The van der Waals surface area contributed by atoms with Crippen molar-refractivity contribution in [1.29, 1.82) is 0 Å². The summed E-state index contributed by atoms with van der Waals surface area (Å²) >= 11 is 0. The minimum Gasteiger partial charge on any atom is -0.357 e. The fourth-order valence-corrected chi connectivity index (χ4v) is 3.82. The minimum absolute atomic E-state index is 0. The molecule has 1 aliphatic heterocycles. The Labute approximate surface area is 154 Å². The third-order valence-corrected chi connectivity index (χ3v) is 4.89. The Hall–Kier alpha value is -0.0400. The fourth-order valence-electron chi connectivity index (χ4n) is 3.82. The molecular formula is C17H35IN4. The number of nitrogens with zero attached hydrogens (tertiary/aromatic N) is 3. The molecule has 5 heteroatoms. The molecule has 1 aliphatic carbocycles. The molecule has 22 heavy (non-hydrogen) atoms. The van der Waals surface area contributed by atoms with Crippen LogP contribution in [-0.2, 0) is 0 Å². The van der Waals surface area contributed by atoms with E-state index in [1.807, 2.05) is 0 Å². The Kier molecular flexibility index (Phi) is 7.43. The van der Waals surface area contributed by atoms with E-state index in [1.165, 1.54) is 38.8 Å². The van der Waals surface area contributed by atoms with Gasteiger partial charge in [-0.3, -0.25) is 4.99 Å². The summed E-state index contributed by atoms with van der Waals surface area (Å²) in [5, 5.41) is 3.50. The normalized spacial score (nSPS) is 21.0. The maximum absolute atomic E-state index is 4.95. The number of likely N-dealkylation sites (tertiary alicyclic amines) is 1. The molecule has 1 N–H and O–H groups in total. The average molecular weight is 422 g/mol. The number of aliphatic imine (C=N–C) groups is 1. The van der Waals surface area contributed by atoms with Gasteiger partial charge >= 0.3 is 0 Å². The molecule has 0 atom stereocenters. The molecule has 1 saturated carbocycles. The van der Waals surface area contributed by atoms with E-state index >= 15 is 0 Å². The van der Waals surface area contributed by atoms with E-state index < -0.39 is 0 Å². The van der Waals surface area contributed by atoms with Crippen molar-refractivity contribution in [2.75, 3.05) is 46.8 Å². The molecule has 130 valence electrons. The highest BCUT2D eigenvalue weighted by atomic mass is 127. The Morgan fingerprint density at radius 2 is 1.95 bits per heavy atom. The van der Waals surface area contributed by atoms with E-state index in [-0.39, 0.29) is 29.4 Å². The Balaban J connectivity index is 0.00000242. The number of rotatable bonds is 5. The lowest BCUT2D eigenvalue weighted by Crippen LogP contribution is -2.43. The first kappa shape index (κ1) is 20.0. The quantitative estimate of drug-likeness (QED) is 0.420. The molecule has 2 aliphatic rings. The summed E-state index contributed by atoms with van der Waals surface area (Å²) in [5.74, 6) is 1.13. The summed E-state index contributed by atoms with van der Waals surface area (Å²) in [6, 6.07) is 0. The van der Waals surface area contributed by atoms with Gasteiger partial charge in [-0.1, -0.05) is 20.3 Å². The van der Waals surface area contributed by atoms with E-state index in [2.05, 4.69) is 50.0 Å². The SMILES string of the molecule is CCNC(=NCC(C)(C)CN(C)C)N1CCC2(CCC2)C1.I. The van der Waals surface area contributed by atoms with Gasteiger partial charge in [0.15, 0.2) is 5.96 Å². The van der Waals surface area contributed by atoms with Crippen molar-refractivity contribution >= 4 is 29.9 Å². The van der Waals surface area contributed by atoms with Gasteiger partial charge in [-0.25, -0.2) is 0 Å². The van der Waals surface area contributed by atoms with Gasteiger partial charge in [-0.05, 0) is 51.1 Å². The molecule has 0 aromatic heterocycles. The molecule has 1 heterocycles. The lowest BCUT2D eigenvalue weighted by atomic mass is 9.68. The van der Waals surface area contributed by atoms with Gasteiger partial charge in [0, 0.05) is 32.7 Å². The number of guanidine groups is 1. The summed E-state index contributed by atoms with van der Waals surface area (Å²) < 4.78 is 0. The molecule has 0 amide bonds. The van der Waals surface area contributed by atoms with Crippen molar-refractivity contribution in [3.8, 4) is 0 Å². The van der Waals surface area contributed by atoms with Crippen molar-refractivity contribution in [2.24, 2.45) is 15.8 Å². The van der Waals surface area contributed by atoms with E-state index in [1.54, 1.807) is 0 Å². The van der Waals surface area contributed by atoms with Crippen LogP contribution < -0.4 is 5.32 Å². The average Bonchev–Trinajstić information content (AvgIpc) is 2.78. The molecule has 2 rings (SSSR count). The molecule has 4 nitrogen and oxygen atoms in total. The molecular weight excluding hydrogens is 387 g/mol. The lowest BCUT2D eigenvalue weighted by Gasteiger charge is -2.38. The van der Waals surface area contributed by atoms with Crippen LogP contribution >= 0.6 is 24.0 Å². The number of halogens is 1. The predicted octanol–water partition coefficient (Wildman–Crippen LogP) is 3.03. The lowest BCUT2D eigenvalue weighted by molar-refractivity contribution is 0.151. The molecule has 0 bridgehead atoms. The molecule has 1 spiro atoms. The monoisotopic (exact) mass is 422 g/mol. The Morgan fingerprint density at radius 3 is 2.41 bits per heavy atom. The zero-order valence-corrected chi connectivity index (χ0v) is 17.4. The summed E-state index contributed by atoms with van der Waals surface area (Å²) in [6.07, 6.45) is 5.64. The van der Waals surface area contributed by atoms with E-state index in [0.29, 0.717) is 5.41 Å². The first-order chi connectivity index (χ1) is 9.86. The van der Waals surface area contributed by atoms with Gasteiger partial charge in [-0.2, -0.15) is 0 Å². The third kappa shape index (κ3) is 5.25. The highest BCUT2D eigenvalue weighted by Gasteiger charge is 2.43. The zero-order valence-electron chi connectivity index (χ0n) is 15.1. The van der Waals surface area contributed by atoms with Crippen LogP contribution in [0.2, 0.25) is 0 Å². The maximum Gasteiger partial charge on any atom is 0.193 e. The topological polar surface area (TPSA) is 30.9 Å². The second-order valence-corrected chi connectivity index (χ2v) is 8.10. The van der Waals surface area contributed by atoms with Gasteiger partial charge in [0.25, 0.3) is 0 Å². The smallest absolute Gasteiger partial charge is 0.193 e. The van der Waals surface area contributed by atoms with Crippen LogP contribution in [0.5, 0.6) is 0 Å². The van der Waals surface area contributed by atoms with Crippen LogP contribution in [-0.4, -0.2) is 62.6 Å². The molecule has 0 aromatic carbocycles. The second kappa shape index (κ2) is 8.18. The number of nitrogens with one attached hydrogen (secondary N) is 1. The van der Waals surface area contributed by atoms with Crippen molar-refractivity contribution in [1.82, 2.24) is 15.1 Å². The largest absolute Gasteiger partial charge is 0.357 e. The van der Waals surface area contributed by atoms with Gasteiger partial charge < -0.3 is 15.1 Å². The van der Waals surface area contributed by atoms with Gasteiger partial charge in [0.05, 0.1) is 0 Å². The minimum atomic E-state index is 0. The summed E-state index contributed by atoms with van der Waals surface area (Å²) in [6.45, 7) is 12.1. The van der Waals surface area contributed by atoms with Crippen molar-refractivity contribution in [3.63, 3.8) is 0 Å². The van der Waals surface area contributed by atoms with Crippen LogP contribution in [0, 0.1) is 10.8 Å². The van der Waals surface area contributed by atoms with Gasteiger partial charge in [0.2, 0.25) is 0 Å². The first-order valence-corrected chi connectivity index (χ1v) is 8.54. The van der Waals surface area contributed by atoms with Crippen molar-refractivity contribution in [2.45, 2.75) is 46.5 Å². The second-order valence-electron chi connectivity index (χ2n) is 8.10. The van der Waals surface area contributed by atoms with Crippen molar-refractivity contribution in [3.05, 3.63) is 0 Å². The third-order valence-electron chi connectivity index (χ3n) is 4.89. The summed E-state index contributed by atoms with van der Waals surface area (Å²) in [5.41, 5.74) is 0.855. The Morgan fingerprint density at radius 1 is 1.27 bits per heavy atom. The van der Waals surface area contributed by atoms with Gasteiger partial charge in [0.1, 0.15) is 0 Å². The standard InChI is InChI=1S/C17H34N4.HI/c1-6-18-15(19-12-16(2,3)13-20(4)5)21-11-10-17(14-21)8-7-9-17;/h6-14H2,1-5H3,(H,18,19);1H. The first-order valence-electron chi connectivity index (χ1n) is 8.54. The fraction of sp³-hybridized carbons (Fsp3) is 0.941. The molecule has 0 radical (unpaired) electrons. The Bertz CT molecular complexity index is 375. The highest BCUT2D eigenvalue weighted by molar-refractivity contribution is 14.0. The summed E-state index contributed by atoms with van der Waals surface area (Å²) in [7, 11) is 4.27. The summed E-state index contributed by atoms with van der Waals surface area (Å²) in [4.78, 5) is 9.70. The maximum atomic E-state index is 4.95. The van der Waals surface area contributed by atoms with Gasteiger partial charge in [-0.15, -0.1) is 24.0 Å². The number of hydrogen-bond donors (Lipinski definition) is 1. The van der Waals surface area contributed by atoms with E-state index in [0.717, 1.165) is 25.6 Å². The van der Waals surface area contributed by atoms with Crippen LogP contribution in [0.4, 0.5) is 0 Å². The molecule has 0 unspecified atom stereocenters. The molecule has 1 saturated heterocycles. The van der Waals surface area contributed by atoms with Crippen LogP contribution in [0.15, 0.2) is 4.99 Å². The van der Waals surface area contributed by atoms with E-state index in [4.69, 9.17) is 4.99 Å². The van der Waals surface area contributed by atoms with Crippen LogP contribution in [0.3, 0.4) is 0 Å². The zero-order chi connectivity index (χ0) is 15.5. The van der Waals surface area contributed by atoms with E-state index in [9.17, 15) is 0 Å². The molecule has 2 fully saturated rings. The number of hydrogen-bond acceptors (Lipinski definition) is 2. The van der Waals surface area contributed by atoms with Crippen LogP contribution in [0.25, 0.3) is 0 Å². The highest BCUT2D eigenvalue weighted by Crippen LogP contribution is 2.47. The predicted molar refractivity (Wildman–Crippen MR) is 106 cm³/mol. The molecule has 0 aromatic rings.